The number of nitrogens with zero attached hydrogens (tertiary/aromatic N) is 2. The van der Waals surface area contributed by atoms with Crippen LogP contribution in [0.2, 0.25) is 0 Å². The van der Waals surface area contributed by atoms with Gasteiger partial charge in [0.15, 0.2) is 0 Å². The number of hydrogen-bond donors (Lipinski definition) is 3. The van der Waals surface area contributed by atoms with E-state index in [1.54, 1.807) is 12.4 Å². The van der Waals surface area contributed by atoms with Gasteiger partial charge in [-0.15, -0.1) is 6.42 Å². The van der Waals surface area contributed by atoms with Gasteiger partial charge in [0, 0.05) is 25.4 Å². The number of urea groups is 1. The minimum absolute atomic E-state index is 0.0428. The van der Waals surface area contributed by atoms with E-state index in [0.717, 1.165) is 10.7 Å². The van der Waals surface area contributed by atoms with Crippen molar-refractivity contribution in [3.63, 3.8) is 0 Å². The molecule has 0 aliphatic rings. The van der Waals surface area contributed by atoms with Gasteiger partial charge >= 0.3 is 12.0 Å². The quantitative estimate of drug-likeness (QED) is 0.603. The Hall–Kier alpha value is -2.49. The third kappa shape index (κ3) is 4.57. The number of carbonyl (C=O) groups excluding carboxylic acids is 1. The summed E-state index contributed by atoms with van der Waals surface area (Å²) in [6.07, 6.45) is 8.91. The van der Waals surface area contributed by atoms with E-state index in [2.05, 4.69) is 21.2 Å². The van der Waals surface area contributed by atoms with Gasteiger partial charge in [0.25, 0.3) is 0 Å². The van der Waals surface area contributed by atoms with Crippen LogP contribution in [-0.2, 0) is 11.2 Å². The molecule has 0 aromatic carbocycles. The van der Waals surface area contributed by atoms with E-state index >= 15 is 0 Å². The molecule has 0 unspecified atom stereocenters. The molecule has 0 aliphatic heterocycles. The fourth-order valence-corrected chi connectivity index (χ4v) is 1.31. The number of aromatic nitrogens is 2. The molecule has 0 radical (unpaired) electrons. The maximum Gasteiger partial charge on any atom is 0.323 e. The van der Waals surface area contributed by atoms with Crippen molar-refractivity contribution in [2.24, 2.45) is 0 Å². The first-order chi connectivity index (χ1) is 8.63. The number of rotatable bonds is 6. The van der Waals surface area contributed by atoms with Crippen molar-refractivity contribution >= 4 is 12.0 Å². The van der Waals surface area contributed by atoms with Gasteiger partial charge in [-0.1, -0.05) is 5.92 Å². The third-order valence-electron chi connectivity index (χ3n) is 2.09. The molecule has 0 spiro atoms. The fourth-order valence-electron chi connectivity index (χ4n) is 1.31. The third-order valence-corrected chi connectivity index (χ3v) is 2.09. The second kappa shape index (κ2) is 6.96. The van der Waals surface area contributed by atoms with Crippen molar-refractivity contribution in [3.8, 4) is 12.3 Å². The summed E-state index contributed by atoms with van der Waals surface area (Å²) in [5.41, 5.74) is 0. The molecule has 0 fully saturated rings. The van der Waals surface area contributed by atoms with E-state index in [1.807, 2.05) is 0 Å². The molecule has 3 N–H and O–H groups in total. The van der Waals surface area contributed by atoms with E-state index in [4.69, 9.17) is 11.5 Å². The Morgan fingerprint density at radius 2 is 2.39 bits per heavy atom. The van der Waals surface area contributed by atoms with Crippen LogP contribution < -0.4 is 5.32 Å². The summed E-state index contributed by atoms with van der Waals surface area (Å²) in [4.78, 5) is 30.1. The highest BCUT2D eigenvalue weighted by atomic mass is 16.4. The zero-order chi connectivity index (χ0) is 13.4. The van der Waals surface area contributed by atoms with Crippen molar-refractivity contribution in [1.29, 1.82) is 0 Å². The largest absolute Gasteiger partial charge is 0.480 e. The van der Waals surface area contributed by atoms with Crippen molar-refractivity contribution in [2.75, 3.05) is 19.6 Å². The molecule has 0 atom stereocenters. The zero-order valence-corrected chi connectivity index (χ0v) is 9.72. The predicted octanol–water partition coefficient (Wildman–Crippen LogP) is -0.318. The van der Waals surface area contributed by atoms with E-state index in [1.165, 1.54) is 0 Å². The molecule has 0 saturated carbocycles. The standard InChI is InChI=1S/C11H14N4O3/c1-2-7-15(8-10(16)17)11(18)14-4-3-9-12-5-6-13-9/h1,5-6H,3-4,7-8H2,(H,12,13)(H,14,18)(H,16,17). The highest BCUT2D eigenvalue weighted by molar-refractivity contribution is 5.80. The van der Waals surface area contributed by atoms with E-state index in [-0.39, 0.29) is 6.54 Å². The molecule has 1 aromatic rings. The Morgan fingerprint density at radius 1 is 1.61 bits per heavy atom. The van der Waals surface area contributed by atoms with Gasteiger partial charge in [0.2, 0.25) is 0 Å². The Balaban J connectivity index is 2.36. The highest BCUT2D eigenvalue weighted by Gasteiger charge is 2.14. The maximum atomic E-state index is 11.6. The second-order valence-electron chi connectivity index (χ2n) is 3.47. The zero-order valence-electron chi connectivity index (χ0n) is 9.72. The number of aromatic amines is 1. The molecule has 18 heavy (non-hydrogen) atoms. The molecular formula is C11H14N4O3. The number of H-pyrrole nitrogens is 1. The van der Waals surface area contributed by atoms with Crippen LogP contribution in [0.5, 0.6) is 0 Å². The summed E-state index contributed by atoms with van der Waals surface area (Å²) in [7, 11) is 0. The molecular weight excluding hydrogens is 236 g/mol. The molecule has 96 valence electrons. The Bertz CT molecular complexity index is 436. The average molecular weight is 250 g/mol. The first kappa shape index (κ1) is 13.6. The summed E-state index contributed by atoms with van der Waals surface area (Å²) in [6.45, 7) is -0.108. The van der Waals surface area contributed by atoms with Crippen molar-refractivity contribution in [2.45, 2.75) is 6.42 Å². The topological polar surface area (TPSA) is 98.3 Å². The summed E-state index contributed by atoms with van der Waals surface area (Å²) in [6, 6.07) is -0.498. The molecule has 0 saturated heterocycles. The van der Waals surface area contributed by atoms with E-state index in [9.17, 15) is 9.59 Å². The molecule has 7 heteroatoms. The lowest BCUT2D eigenvalue weighted by atomic mass is 10.4. The van der Waals surface area contributed by atoms with Crippen molar-refractivity contribution < 1.29 is 14.7 Å². The molecule has 0 aliphatic carbocycles. The van der Waals surface area contributed by atoms with Gasteiger partial charge in [0.05, 0.1) is 6.54 Å². The molecule has 0 bridgehead atoms. The van der Waals surface area contributed by atoms with Gasteiger partial charge in [0.1, 0.15) is 12.4 Å². The number of carboxylic acids is 1. The fraction of sp³-hybridized carbons (Fsp3) is 0.364. The Morgan fingerprint density at radius 3 is 2.94 bits per heavy atom. The highest BCUT2D eigenvalue weighted by Crippen LogP contribution is 1.91. The lowest BCUT2D eigenvalue weighted by molar-refractivity contribution is -0.137. The van der Waals surface area contributed by atoms with Gasteiger partial charge < -0.3 is 20.3 Å². The lowest BCUT2D eigenvalue weighted by Gasteiger charge is -2.18. The van der Waals surface area contributed by atoms with Gasteiger partial charge in [-0.3, -0.25) is 4.79 Å². The van der Waals surface area contributed by atoms with Gasteiger partial charge in [-0.2, -0.15) is 0 Å². The summed E-state index contributed by atoms with van der Waals surface area (Å²) < 4.78 is 0. The first-order valence-corrected chi connectivity index (χ1v) is 5.29. The molecule has 7 nitrogen and oxygen atoms in total. The maximum absolute atomic E-state index is 11.6. The Labute approximate surface area is 104 Å². The number of nitrogens with one attached hydrogen (secondary N) is 2. The smallest absolute Gasteiger partial charge is 0.323 e. The van der Waals surface area contributed by atoms with Gasteiger partial charge in [-0.05, 0) is 0 Å². The van der Waals surface area contributed by atoms with Crippen LogP contribution >= 0.6 is 0 Å². The molecule has 1 aromatic heterocycles. The van der Waals surface area contributed by atoms with Crippen LogP contribution in [0.3, 0.4) is 0 Å². The van der Waals surface area contributed by atoms with Crippen molar-refractivity contribution in [1.82, 2.24) is 20.2 Å². The number of amides is 2. The minimum Gasteiger partial charge on any atom is -0.480 e. The monoisotopic (exact) mass is 250 g/mol. The summed E-state index contributed by atoms with van der Waals surface area (Å²) in [5, 5.41) is 11.2. The van der Waals surface area contributed by atoms with E-state index in [0.29, 0.717) is 13.0 Å². The van der Waals surface area contributed by atoms with Crippen molar-refractivity contribution in [3.05, 3.63) is 18.2 Å². The SMILES string of the molecule is C#CCN(CC(=O)O)C(=O)NCCc1ncc[nH]1. The number of carboxylic acid groups (broad SMARTS) is 1. The van der Waals surface area contributed by atoms with Crippen LogP contribution in [0.4, 0.5) is 4.79 Å². The van der Waals surface area contributed by atoms with Crippen LogP contribution in [0.1, 0.15) is 5.82 Å². The predicted molar refractivity (Wildman–Crippen MR) is 63.7 cm³/mol. The van der Waals surface area contributed by atoms with Crippen LogP contribution in [0.15, 0.2) is 12.4 Å². The first-order valence-electron chi connectivity index (χ1n) is 5.29. The lowest BCUT2D eigenvalue weighted by Crippen LogP contribution is -2.43. The average Bonchev–Trinajstić information content (AvgIpc) is 2.81. The Kier molecular flexibility index (Phi) is 5.25. The summed E-state index contributed by atoms with van der Waals surface area (Å²) in [5.74, 6) is 1.88. The van der Waals surface area contributed by atoms with Crippen LogP contribution in [0.25, 0.3) is 0 Å². The van der Waals surface area contributed by atoms with Gasteiger partial charge in [-0.25, -0.2) is 9.78 Å². The van der Waals surface area contributed by atoms with Crippen LogP contribution in [0, 0.1) is 12.3 Å². The number of carbonyl (C=O) groups is 2. The normalized spacial score (nSPS) is 9.50. The second-order valence-corrected chi connectivity index (χ2v) is 3.47. The molecule has 1 rings (SSSR count). The number of terminal acetylenes is 1. The number of hydrogen-bond acceptors (Lipinski definition) is 3. The number of imidazole rings is 1. The number of aliphatic carboxylic acids is 1. The molecule has 2 amide bonds. The molecule has 1 heterocycles. The minimum atomic E-state index is -1.11. The van der Waals surface area contributed by atoms with Crippen LogP contribution in [-0.4, -0.2) is 51.6 Å². The summed E-state index contributed by atoms with van der Waals surface area (Å²) >= 11 is 0. The van der Waals surface area contributed by atoms with E-state index < -0.39 is 18.5 Å².